The fraction of sp³-hybridized carbons (Fsp3) is 1.00. The van der Waals surface area contributed by atoms with Crippen LogP contribution in [0.1, 0.15) is 32.1 Å². The van der Waals surface area contributed by atoms with Crippen LogP contribution in [0.4, 0.5) is 0 Å². The van der Waals surface area contributed by atoms with Crippen LogP contribution >= 0.6 is 0 Å². The molecule has 0 radical (unpaired) electrons. The van der Waals surface area contributed by atoms with Gasteiger partial charge in [-0.1, -0.05) is 0 Å². The second kappa shape index (κ2) is 5.89. The molecular weight excluding hydrogens is 222 g/mol. The van der Waals surface area contributed by atoms with Gasteiger partial charge < -0.3 is 9.80 Å². The van der Waals surface area contributed by atoms with Crippen molar-refractivity contribution in [2.24, 2.45) is 5.92 Å². The molecule has 18 heavy (non-hydrogen) atoms. The van der Waals surface area contributed by atoms with Crippen molar-refractivity contribution in [3.05, 3.63) is 0 Å². The molecule has 1 atom stereocenters. The summed E-state index contributed by atoms with van der Waals surface area (Å²) in [4.78, 5) is 8.01. The summed E-state index contributed by atoms with van der Waals surface area (Å²) in [6.45, 7) is 9.42. The molecule has 3 heterocycles. The van der Waals surface area contributed by atoms with E-state index in [-0.39, 0.29) is 0 Å². The van der Waals surface area contributed by atoms with Gasteiger partial charge >= 0.3 is 0 Å². The Hall–Kier alpha value is -0.120. The van der Waals surface area contributed by atoms with Gasteiger partial charge in [0.1, 0.15) is 0 Å². The molecule has 3 aliphatic heterocycles. The number of hydrogen-bond acceptors (Lipinski definition) is 3. The highest BCUT2D eigenvalue weighted by atomic mass is 15.3. The van der Waals surface area contributed by atoms with Gasteiger partial charge in [0.2, 0.25) is 0 Å². The summed E-state index contributed by atoms with van der Waals surface area (Å²) in [6.07, 6.45) is 7.11. The van der Waals surface area contributed by atoms with Crippen LogP contribution in [0.5, 0.6) is 0 Å². The monoisotopic (exact) mass is 251 g/mol. The van der Waals surface area contributed by atoms with Gasteiger partial charge in [-0.25, -0.2) is 0 Å². The van der Waals surface area contributed by atoms with E-state index in [1.807, 2.05) is 0 Å². The van der Waals surface area contributed by atoms with E-state index in [1.165, 1.54) is 77.9 Å². The quantitative estimate of drug-likeness (QED) is 0.736. The predicted molar refractivity (Wildman–Crippen MR) is 75.9 cm³/mol. The maximum atomic E-state index is 2.78. The summed E-state index contributed by atoms with van der Waals surface area (Å²) in [5.74, 6) is 0.967. The summed E-state index contributed by atoms with van der Waals surface area (Å²) in [6, 6.07) is 0.888. The fourth-order valence-electron chi connectivity index (χ4n) is 4.06. The van der Waals surface area contributed by atoms with E-state index in [0.717, 1.165) is 12.0 Å². The maximum Gasteiger partial charge on any atom is 0.0223 e. The minimum atomic E-state index is 0.888. The molecule has 3 aliphatic rings. The molecule has 3 saturated heterocycles. The molecule has 3 rings (SSSR count). The number of nitrogens with zero attached hydrogens (tertiary/aromatic N) is 3. The molecular formula is C15H29N3. The molecule has 0 aromatic rings. The van der Waals surface area contributed by atoms with Gasteiger partial charge in [-0.15, -0.1) is 0 Å². The molecule has 0 aromatic carbocycles. The lowest BCUT2D eigenvalue weighted by Gasteiger charge is -2.33. The SMILES string of the molecule is CN1CCC(CN2CCCN3CCCC3C2)CC1. The summed E-state index contributed by atoms with van der Waals surface area (Å²) in [7, 11) is 2.26. The van der Waals surface area contributed by atoms with E-state index in [0.29, 0.717) is 0 Å². The Labute approximate surface area is 112 Å². The van der Waals surface area contributed by atoms with E-state index < -0.39 is 0 Å². The Balaban J connectivity index is 1.49. The molecule has 0 aromatic heterocycles. The van der Waals surface area contributed by atoms with Gasteiger partial charge in [0.05, 0.1) is 0 Å². The number of piperidine rings is 1. The van der Waals surface area contributed by atoms with Gasteiger partial charge in [-0.05, 0) is 77.8 Å². The number of hydrogen-bond donors (Lipinski definition) is 0. The van der Waals surface area contributed by atoms with E-state index in [2.05, 4.69) is 21.7 Å². The smallest absolute Gasteiger partial charge is 0.0223 e. The molecule has 0 amide bonds. The third kappa shape index (κ3) is 3.06. The lowest BCUT2D eigenvalue weighted by atomic mass is 9.96. The van der Waals surface area contributed by atoms with Crippen molar-refractivity contribution in [1.82, 2.24) is 14.7 Å². The highest BCUT2D eigenvalue weighted by molar-refractivity contribution is 4.86. The van der Waals surface area contributed by atoms with Crippen LogP contribution in [-0.4, -0.2) is 73.6 Å². The van der Waals surface area contributed by atoms with E-state index >= 15 is 0 Å². The first kappa shape index (κ1) is 12.9. The molecule has 1 unspecified atom stereocenters. The van der Waals surface area contributed by atoms with Crippen LogP contribution in [0, 0.1) is 5.92 Å². The van der Waals surface area contributed by atoms with Crippen LogP contribution in [0.3, 0.4) is 0 Å². The van der Waals surface area contributed by atoms with Gasteiger partial charge in [0.15, 0.2) is 0 Å². The Bertz CT molecular complexity index is 260. The first-order valence-corrected chi connectivity index (χ1v) is 7.96. The third-order valence-electron chi connectivity index (χ3n) is 5.24. The molecule has 0 spiro atoms. The normalized spacial score (nSPS) is 33.5. The topological polar surface area (TPSA) is 9.72 Å². The molecule has 0 aliphatic carbocycles. The average molecular weight is 251 g/mol. The van der Waals surface area contributed by atoms with Gasteiger partial charge in [-0.3, -0.25) is 4.90 Å². The van der Waals surface area contributed by atoms with Crippen molar-refractivity contribution in [3.63, 3.8) is 0 Å². The van der Waals surface area contributed by atoms with Gasteiger partial charge in [0.25, 0.3) is 0 Å². The Kier molecular flexibility index (Phi) is 4.22. The first-order chi connectivity index (χ1) is 8.81. The predicted octanol–water partition coefficient (Wildman–Crippen LogP) is 1.50. The zero-order chi connectivity index (χ0) is 12.4. The van der Waals surface area contributed by atoms with Crippen molar-refractivity contribution in [3.8, 4) is 0 Å². The molecule has 0 bridgehead atoms. The number of fused-ring (bicyclic) bond motifs is 1. The summed E-state index contributed by atoms with van der Waals surface area (Å²) in [5.41, 5.74) is 0. The standard InChI is InChI=1S/C15H29N3/c1-16-10-5-14(6-11-16)12-17-7-3-9-18-8-2-4-15(18)13-17/h14-15H,2-13H2,1H3. The lowest BCUT2D eigenvalue weighted by molar-refractivity contribution is 0.151. The van der Waals surface area contributed by atoms with E-state index in [1.54, 1.807) is 0 Å². The second-order valence-electron chi connectivity index (χ2n) is 6.69. The number of rotatable bonds is 2. The minimum absolute atomic E-state index is 0.888. The van der Waals surface area contributed by atoms with Crippen molar-refractivity contribution in [2.45, 2.75) is 38.1 Å². The Morgan fingerprint density at radius 3 is 2.50 bits per heavy atom. The van der Waals surface area contributed by atoms with Gasteiger partial charge in [-0.2, -0.15) is 0 Å². The lowest BCUT2D eigenvalue weighted by Crippen LogP contribution is -2.41. The van der Waals surface area contributed by atoms with Crippen LogP contribution in [0.2, 0.25) is 0 Å². The van der Waals surface area contributed by atoms with E-state index in [4.69, 9.17) is 0 Å². The molecule has 3 nitrogen and oxygen atoms in total. The summed E-state index contributed by atoms with van der Waals surface area (Å²) in [5, 5.41) is 0. The Morgan fingerprint density at radius 2 is 1.67 bits per heavy atom. The molecule has 0 saturated carbocycles. The fourth-order valence-corrected chi connectivity index (χ4v) is 4.06. The summed E-state index contributed by atoms with van der Waals surface area (Å²) < 4.78 is 0. The first-order valence-electron chi connectivity index (χ1n) is 7.96. The van der Waals surface area contributed by atoms with Gasteiger partial charge in [0, 0.05) is 19.1 Å². The highest BCUT2D eigenvalue weighted by Gasteiger charge is 2.29. The molecule has 0 N–H and O–H groups in total. The van der Waals surface area contributed by atoms with Crippen molar-refractivity contribution < 1.29 is 0 Å². The maximum absolute atomic E-state index is 2.78. The van der Waals surface area contributed by atoms with Crippen LogP contribution in [0.15, 0.2) is 0 Å². The average Bonchev–Trinajstić information content (AvgIpc) is 2.71. The van der Waals surface area contributed by atoms with Crippen molar-refractivity contribution in [2.75, 3.05) is 52.9 Å². The Morgan fingerprint density at radius 1 is 0.889 bits per heavy atom. The zero-order valence-electron chi connectivity index (χ0n) is 12.0. The third-order valence-corrected chi connectivity index (χ3v) is 5.24. The minimum Gasteiger partial charge on any atom is -0.306 e. The van der Waals surface area contributed by atoms with Crippen LogP contribution in [0.25, 0.3) is 0 Å². The van der Waals surface area contributed by atoms with Crippen molar-refractivity contribution in [1.29, 1.82) is 0 Å². The molecule has 104 valence electrons. The number of likely N-dealkylation sites (tertiary alicyclic amines) is 1. The van der Waals surface area contributed by atoms with Crippen molar-refractivity contribution >= 4 is 0 Å². The van der Waals surface area contributed by atoms with E-state index in [9.17, 15) is 0 Å². The van der Waals surface area contributed by atoms with Crippen LogP contribution in [-0.2, 0) is 0 Å². The summed E-state index contributed by atoms with van der Waals surface area (Å²) >= 11 is 0. The largest absolute Gasteiger partial charge is 0.306 e. The highest BCUT2D eigenvalue weighted by Crippen LogP contribution is 2.23. The second-order valence-corrected chi connectivity index (χ2v) is 6.69. The van der Waals surface area contributed by atoms with Crippen LogP contribution < -0.4 is 0 Å². The molecule has 3 fully saturated rings. The zero-order valence-corrected chi connectivity index (χ0v) is 12.0. The molecule has 3 heteroatoms.